The molecule has 3 rings (SSSR count). The lowest BCUT2D eigenvalue weighted by molar-refractivity contribution is 0.102. The number of aromatic nitrogens is 2. The molecule has 1 aliphatic heterocycles. The molecule has 0 aromatic carbocycles. The summed E-state index contributed by atoms with van der Waals surface area (Å²) in [7, 11) is 0. The molecule has 0 spiro atoms. The molecule has 0 bridgehead atoms. The molecule has 0 radical (unpaired) electrons. The Hall–Kier alpha value is -1.95. The Morgan fingerprint density at radius 1 is 1.17 bits per heavy atom. The third-order valence-electron chi connectivity index (χ3n) is 4.06. The van der Waals surface area contributed by atoms with E-state index in [1.165, 1.54) is 37.0 Å². The van der Waals surface area contributed by atoms with Crippen molar-refractivity contribution in [3.8, 4) is 0 Å². The van der Waals surface area contributed by atoms with Gasteiger partial charge in [0, 0.05) is 30.4 Å². The van der Waals surface area contributed by atoms with Crippen LogP contribution in [0.1, 0.15) is 47.8 Å². The standard InChI is InChI=1S/C17H22N4OS/c1-2-14-12-19-17(23-14)20-16(22)13-7-8-15(18-11-13)21-9-5-3-4-6-10-21/h7-8,11-12H,2-6,9-10H2,1H3,(H,19,20,22). The molecule has 122 valence electrons. The van der Waals surface area contributed by atoms with Crippen LogP contribution < -0.4 is 10.2 Å². The van der Waals surface area contributed by atoms with Gasteiger partial charge in [-0.05, 0) is 31.4 Å². The highest BCUT2D eigenvalue weighted by Gasteiger charge is 2.13. The Bertz CT molecular complexity index is 645. The third kappa shape index (κ3) is 4.07. The minimum absolute atomic E-state index is 0.156. The largest absolute Gasteiger partial charge is 0.357 e. The lowest BCUT2D eigenvalue weighted by Crippen LogP contribution is -2.25. The van der Waals surface area contributed by atoms with Crippen molar-refractivity contribution in [2.75, 3.05) is 23.3 Å². The van der Waals surface area contributed by atoms with Gasteiger partial charge in [-0.2, -0.15) is 0 Å². The van der Waals surface area contributed by atoms with Gasteiger partial charge in [-0.1, -0.05) is 19.8 Å². The number of anilines is 2. The van der Waals surface area contributed by atoms with Gasteiger partial charge in [-0.3, -0.25) is 10.1 Å². The summed E-state index contributed by atoms with van der Waals surface area (Å²) >= 11 is 1.51. The van der Waals surface area contributed by atoms with Crippen LogP contribution in [0.2, 0.25) is 0 Å². The first-order chi connectivity index (χ1) is 11.3. The molecule has 2 aromatic heterocycles. The van der Waals surface area contributed by atoms with Gasteiger partial charge in [0.25, 0.3) is 5.91 Å². The maximum absolute atomic E-state index is 12.3. The smallest absolute Gasteiger partial charge is 0.259 e. The van der Waals surface area contributed by atoms with E-state index in [1.54, 1.807) is 12.4 Å². The average molecular weight is 330 g/mol. The Morgan fingerprint density at radius 3 is 2.57 bits per heavy atom. The topological polar surface area (TPSA) is 58.1 Å². The molecule has 1 fully saturated rings. The zero-order chi connectivity index (χ0) is 16.1. The second kappa shape index (κ2) is 7.55. The number of hydrogen-bond acceptors (Lipinski definition) is 5. The van der Waals surface area contributed by atoms with E-state index in [-0.39, 0.29) is 5.91 Å². The number of amides is 1. The molecular weight excluding hydrogens is 308 g/mol. The maximum atomic E-state index is 12.3. The zero-order valence-corrected chi connectivity index (χ0v) is 14.2. The summed E-state index contributed by atoms with van der Waals surface area (Å²) in [4.78, 5) is 24.4. The summed E-state index contributed by atoms with van der Waals surface area (Å²) in [5, 5.41) is 3.48. The van der Waals surface area contributed by atoms with E-state index in [9.17, 15) is 4.79 Å². The molecule has 1 aliphatic rings. The van der Waals surface area contributed by atoms with E-state index >= 15 is 0 Å². The van der Waals surface area contributed by atoms with Gasteiger partial charge in [0.1, 0.15) is 5.82 Å². The fourth-order valence-electron chi connectivity index (χ4n) is 2.71. The zero-order valence-electron chi connectivity index (χ0n) is 13.4. The van der Waals surface area contributed by atoms with Crippen LogP contribution >= 0.6 is 11.3 Å². The summed E-state index contributed by atoms with van der Waals surface area (Å²) in [5.41, 5.74) is 0.567. The third-order valence-corrected chi connectivity index (χ3v) is 5.12. The second-order valence-electron chi connectivity index (χ2n) is 5.75. The van der Waals surface area contributed by atoms with Crippen LogP contribution in [-0.2, 0) is 6.42 Å². The van der Waals surface area contributed by atoms with Gasteiger partial charge in [-0.15, -0.1) is 11.3 Å². The number of rotatable bonds is 4. The van der Waals surface area contributed by atoms with Crippen LogP contribution in [0.15, 0.2) is 24.5 Å². The first-order valence-electron chi connectivity index (χ1n) is 8.23. The summed E-state index contributed by atoms with van der Waals surface area (Å²) in [6.07, 6.45) is 9.42. The predicted molar refractivity (Wildman–Crippen MR) is 94.4 cm³/mol. The number of carbonyl (C=O) groups is 1. The molecule has 1 N–H and O–H groups in total. The van der Waals surface area contributed by atoms with Crippen LogP contribution in [0.4, 0.5) is 10.9 Å². The number of thiazole rings is 1. The molecule has 3 heterocycles. The second-order valence-corrected chi connectivity index (χ2v) is 6.86. The van der Waals surface area contributed by atoms with Crippen LogP contribution in [0.5, 0.6) is 0 Å². The Kier molecular flexibility index (Phi) is 5.23. The van der Waals surface area contributed by atoms with E-state index < -0.39 is 0 Å². The lowest BCUT2D eigenvalue weighted by atomic mass is 10.2. The number of pyridine rings is 1. The van der Waals surface area contributed by atoms with Crippen molar-refractivity contribution in [2.24, 2.45) is 0 Å². The van der Waals surface area contributed by atoms with Crippen molar-refractivity contribution in [1.82, 2.24) is 9.97 Å². The van der Waals surface area contributed by atoms with E-state index in [2.05, 4.69) is 27.1 Å². The van der Waals surface area contributed by atoms with Gasteiger partial charge in [-0.25, -0.2) is 9.97 Å². The molecule has 6 heteroatoms. The number of hydrogen-bond donors (Lipinski definition) is 1. The van der Waals surface area contributed by atoms with Crippen LogP contribution in [0.3, 0.4) is 0 Å². The molecule has 23 heavy (non-hydrogen) atoms. The first kappa shape index (κ1) is 15.9. The normalized spacial score (nSPS) is 15.3. The van der Waals surface area contributed by atoms with Crippen LogP contribution in [0, 0.1) is 0 Å². The SMILES string of the molecule is CCc1cnc(NC(=O)c2ccc(N3CCCCCC3)nc2)s1. The minimum Gasteiger partial charge on any atom is -0.357 e. The number of aryl methyl sites for hydroxylation is 1. The highest BCUT2D eigenvalue weighted by Crippen LogP contribution is 2.20. The quantitative estimate of drug-likeness (QED) is 0.928. The molecule has 0 unspecified atom stereocenters. The van der Waals surface area contributed by atoms with Crippen molar-refractivity contribution in [3.63, 3.8) is 0 Å². The minimum atomic E-state index is -0.156. The van der Waals surface area contributed by atoms with Gasteiger partial charge in [0.15, 0.2) is 5.13 Å². The van der Waals surface area contributed by atoms with E-state index in [0.717, 1.165) is 30.2 Å². The monoisotopic (exact) mass is 330 g/mol. The van der Waals surface area contributed by atoms with Crippen LogP contribution in [-0.4, -0.2) is 29.0 Å². The van der Waals surface area contributed by atoms with Gasteiger partial charge in [0.05, 0.1) is 5.56 Å². The Morgan fingerprint density at radius 2 is 1.96 bits per heavy atom. The number of carbonyl (C=O) groups excluding carboxylic acids is 1. The highest BCUT2D eigenvalue weighted by atomic mass is 32.1. The van der Waals surface area contributed by atoms with E-state index in [0.29, 0.717) is 10.7 Å². The Balaban J connectivity index is 1.64. The van der Waals surface area contributed by atoms with Gasteiger partial charge in [0.2, 0.25) is 0 Å². The highest BCUT2D eigenvalue weighted by molar-refractivity contribution is 7.15. The van der Waals surface area contributed by atoms with Gasteiger partial charge < -0.3 is 4.90 Å². The molecule has 0 saturated carbocycles. The van der Waals surface area contributed by atoms with Crippen LogP contribution in [0.25, 0.3) is 0 Å². The number of nitrogens with one attached hydrogen (secondary N) is 1. The molecular formula is C17H22N4OS. The maximum Gasteiger partial charge on any atom is 0.259 e. The lowest BCUT2D eigenvalue weighted by Gasteiger charge is -2.21. The van der Waals surface area contributed by atoms with E-state index in [1.807, 2.05) is 12.1 Å². The van der Waals surface area contributed by atoms with E-state index in [4.69, 9.17) is 0 Å². The average Bonchev–Trinajstić information content (AvgIpc) is 2.86. The summed E-state index contributed by atoms with van der Waals surface area (Å²) < 4.78 is 0. The molecule has 1 saturated heterocycles. The summed E-state index contributed by atoms with van der Waals surface area (Å²) in [6.45, 7) is 4.18. The molecule has 0 atom stereocenters. The van der Waals surface area contributed by atoms with Crippen molar-refractivity contribution in [2.45, 2.75) is 39.0 Å². The van der Waals surface area contributed by atoms with Crippen molar-refractivity contribution in [1.29, 1.82) is 0 Å². The van der Waals surface area contributed by atoms with Crippen molar-refractivity contribution >= 4 is 28.2 Å². The predicted octanol–water partition coefficient (Wildman–Crippen LogP) is 3.73. The van der Waals surface area contributed by atoms with Crippen molar-refractivity contribution in [3.05, 3.63) is 35.0 Å². The summed E-state index contributed by atoms with van der Waals surface area (Å²) in [6, 6.07) is 3.79. The molecule has 0 aliphatic carbocycles. The molecule has 1 amide bonds. The fourth-order valence-corrected chi connectivity index (χ4v) is 3.45. The molecule has 5 nitrogen and oxygen atoms in total. The fraction of sp³-hybridized carbons (Fsp3) is 0.471. The number of nitrogens with zero attached hydrogens (tertiary/aromatic N) is 3. The van der Waals surface area contributed by atoms with Gasteiger partial charge >= 0.3 is 0 Å². The first-order valence-corrected chi connectivity index (χ1v) is 9.05. The summed E-state index contributed by atoms with van der Waals surface area (Å²) in [5.74, 6) is 0.808. The van der Waals surface area contributed by atoms with Crippen molar-refractivity contribution < 1.29 is 4.79 Å². The Labute approximate surface area is 140 Å². The molecule has 2 aromatic rings.